The SMILES string of the molecule is N#Cc1ccc(C(=O)Nc2ccccc2NC(=O)C[C@@H]2C=CCC2)cc1. The van der Waals surface area contributed by atoms with E-state index in [9.17, 15) is 9.59 Å². The van der Waals surface area contributed by atoms with Gasteiger partial charge in [-0.3, -0.25) is 9.59 Å². The zero-order valence-corrected chi connectivity index (χ0v) is 14.2. The van der Waals surface area contributed by atoms with E-state index < -0.39 is 0 Å². The maximum Gasteiger partial charge on any atom is 0.255 e. The van der Waals surface area contributed by atoms with Gasteiger partial charge in [-0.2, -0.15) is 5.26 Å². The van der Waals surface area contributed by atoms with E-state index in [1.807, 2.05) is 12.1 Å². The quantitative estimate of drug-likeness (QED) is 0.800. The van der Waals surface area contributed by atoms with Crippen LogP contribution in [0.15, 0.2) is 60.7 Å². The molecule has 0 radical (unpaired) electrons. The Labute approximate surface area is 152 Å². The minimum atomic E-state index is -0.296. The maximum atomic E-state index is 12.4. The Morgan fingerprint density at radius 1 is 1.04 bits per heavy atom. The van der Waals surface area contributed by atoms with Crippen LogP contribution in [-0.2, 0) is 4.79 Å². The van der Waals surface area contributed by atoms with Gasteiger partial charge in [-0.1, -0.05) is 24.3 Å². The number of nitriles is 1. The van der Waals surface area contributed by atoms with Crippen LogP contribution in [0.2, 0.25) is 0 Å². The Bertz CT molecular complexity index is 879. The number of benzene rings is 2. The van der Waals surface area contributed by atoms with Crippen molar-refractivity contribution in [2.24, 2.45) is 5.92 Å². The first kappa shape index (κ1) is 17.4. The van der Waals surface area contributed by atoms with Crippen LogP contribution in [-0.4, -0.2) is 11.8 Å². The van der Waals surface area contributed by atoms with Crippen LogP contribution >= 0.6 is 0 Å². The number of hydrogen-bond acceptors (Lipinski definition) is 3. The van der Waals surface area contributed by atoms with Crippen molar-refractivity contribution in [3.8, 4) is 6.07 Å². The van der Waals surface area contributed by atoms with Crippen LogP contribution in [0.25, 0.3) is 0 Å². The first-order valence-electron chi connectivity index (χ1n) is 8.53. The molecule has 0 heterocycles. The minimum absolute atomic E-state index is 0.0679. The second kappa shape index (κ2) is 8.13. The van der Waals surface area contributed by atoms with Crippen molar-refractivity contribution in [3.05, 3.63) is 71.8 Å². The van der Waals surface area contributed by atoms with Crippen molar-refractivity contribution >= 4 is 23.2 Å². The summed E-state index contributed by atoms with van der Waals surface area (Å²) < 4.78 is 0. The van der Waals surface area contributed by atoms with Gasteiger partial charge in [-0.05, 0) is 55.2 Å². The number of nitrogens with one attached hydrogen (secondary N) is 2. The fraction of sp³-hybridized carbons (Fsp3) is 0.190. The summed E-state index contributed by atoms with van der Waals surface area (Å²) in [5.41, 5.74) is 2.05. The molecule has 0 fully saturated rings. The molecule has 3 rings (SSSR count). The molecule has 0 aromatic heterocycles. The molecule has 5 heteroatoms. The van der Waals surface area contributed by atoms with E-state index in [1.165, 1.54) is 0 Å². The second-order valence-electron chi connectivity index (χ2n) is 6.21. The predicted molar refractivity (Wildman–Crippen MR) is 101 cm³/mol. The molecule has 0 bridgehead atoms. The van der Waals surface area contributed by atoms with Gasteiger partial charge in [0.1, 0.15) is 0 Å². The molecule has 2 aromatic rings. The average molecular weight is 345 g/mol. The first-order valence-corrected chi connectivity index (χ1v) is 8.53. The Balaban J connectivity index is 1.68. The molecule has 130 valence electrons. The van der Waals surface area contributed by atoms with Crippen LogP contribution in [0, 0.1) is 17.2 Å². The lowest BCUT2D eigenvalue weighted by Gasteiger charge is -2.13. The first-order chi connectivity index (χ1) is 12.7. The molecule has 26 heavy (non-hydrogen) atoms. The molecule has 2 aromatic carbocycles. The number of hydrogen-bond donors (Lipinski definition) is 2. The van der Waals surface area contributed by atoms with Crippen LogP contribution in [0.1, 0.15) is 35.2 Å². The highest BCUT2D eigenvalue weighted by Crippen LogP contribution is 2.24. The van der Waals surface area contributed by atoms with Gasteiger partial charge in [0.25, 0.3) is 5.91 Å². The summed E-state index contributed by atoms with van der Waals surface area (Å²) in [6, 6.07) is 15.5. The third kappa shape index (κ3) is 4.37. The zero-order valence-electron chi connectivity index (χ0n) is 14.2. The van der Waals surface area contributed by atoms with Crippen molar-refractivity contribution in [2.75, 3.05) is 10.6 Å². The summed E-state index contributed by atoms with van der Waals surface area (Å²) in [5.74, 6) is -0.0769. The predicted octanol–water partition coefficient (Wildman–Crippen LogP) is 4.11. The van der Waals surface area contributed by atoms with Crippen molar-refractivity contribution in [1.29, 1.82) is 5.26 Å². The average Bonchev–Trinajstić information content (AvgIpc) is 3.16. The van der Waals surface area contributed by atoms with Gasteiger partial charge in [0.15, 0.2) is 0 Å². The van der Waals surface area contributed by atoms with Crippen LogP contribution < -0.4 is 10.6 Å². The molecule has 1 aliphatic rings. The zero-order chi connectivity index (χ0) is 18.4. The molecular weight excluding hydrogens is 326 g/mol. The number of amides is 2. The number of carbonyl (C=O) groups excluding carboxylic acids is 2. The van der Waals surface area contributed by atoms with Gasteiger partial charge in [-0.25, -0.2) is 0 Å². The lowest BCUT2D eigenvalue weighted by atomic mass is 10.0. The van der Waals surface area contributed by atoms with Gasteiger partial charge >= 0.3 is 0 Å². The van der Waals surface area contributed by atoms with Gasteiger partial charge < -0.3 is 10.6 Å². The fourth-order valence-electron chi connectivity index (χ4n) is 2.90. The molecule has 0 aliphatic heterocycles. The summed E-state index contributed by atoms with van der Waals surface area (Å²) in [6.45, 7) is 0. The van der Waals surface area contributed by atoms with Crippen LogP contribution in [0.5, 0.6) is 0 Å². The number of carbonyl (C=O) groups is 2. The number of para-hydroxylation sites is 2. The summed E-state index contributed by atoms with van der Waals surface area (Å²) in [6.07, 6.45) is 6.65. The lowest BCUT2D eigenvalue weighted by Crippen LogP contribution is -2.18. The molecule has 0 saturated carbocycles. The highest BCUT2D eigenvalue weighted by atomic mass is 16.2. The molecule has 2 amide bonds. The van der Waals surface area contributed by atoms with Crippen molar-refractivity contribution in [1.82, 2.24) is 0 Å². The van der Waals surface area contributed by atoms with E-state index in [0.29, 0.717) is 28.9 Å². The normalized spacial score (nSPS) is 15.3. The van der Waals surface area contributed by atoms with Crippen molar-refractivity contribution < 1.29 is 9.59 Å². The minimum Gasteiger partial charge on any atom is -0.324 e. The Hall–Kier alpha value is -3.39. The molecular formula is C21H19N3O2. The standard InChI is InChI=1S/C21H19N3O2/c22-14-16-9-11-17(12-10-16)21(26)24-19-8-4-3-7-18(19)23-20(25)13-15-5-1-2-6-15/h1,3-5,7-12,15H,2,6,13H2,(H,23,25)(H,24,26)/t15-/m1/s1. The van der Waals surface area contributed by atoms with E-state index in [0.717, 1.165) is 12.8 Å². The molecule has 2 N–H and O–H groups in total. The molecule has 0 spiro atoms. The maximum absolute atomic E-state index is 12.4. The van der Waals surface area contributed by atoms with Crippen molar-refractivity contribution in [2.45, 2.75) is 19.3 Å². The van der Waals surface area contributed by atoms with Crippen molar-refractivity contribution in [3.63, 3.8) is 0 Å². The Morgan fingerprint density at radius 3 is 2.35 bits per heavy atom. The summed E-state index contributed by atoms with van der Waals surface area (Å²) >= 11 is 0. The molecule has 5 nitrogen and oxygen atoms in total. The largest absolute Gasteiger partial charge is 0.324 e. The summed E-state index contributed by atoms with van der Waals surface area (Å²) in [4.78, 5) is 24.7. The smallest absolute Gasteiger partial charge is 0.255 e. The lowest BCUT2D eigenvalue weighted by molar-refractivity contribution is -0.116. The van der Waals surface area contributed by atoms with E-state index >= 15 is 0 Å². The number of allylic oxidation sites excluding steroid dienone is 2. The van der Waals surface area contributed by atoms with E-state index in [-0.39, 0.29) is 17.7 Å². The molecule has 1 atom stereocenters. The molecule has 0 saturated heterocycles. The molecule has 1 aliphatic carbocycles. The fourth-order valence-corrected chi connectivity index (χ4v) is 2.90. The van der Waals surface area contributed by atoms with Crippen LogP contribution in [0.3, 0.4) is 0 Å². The van der Waals surface area contributed by atoms with E-state index in [4.69, 9.17) is 5.26 Å². The van der Waals surface area contributed by atoms with Gasteiger partial charge in [0.05, 0.1) is 23.0 Å². The topological polar surface area (TPSA) is 82.0 Å². The number of nitrogens with zero attached hydrogens (tertiary/aromatic N) is 1. The highest BCUT2D eigenvalue weighted by Gasteiger charge is 2.16. The monoisotopic (exact) mass is 345 g/mol. The van der Waals surface area contributed by atoms with E-state index in [1.54, 1.807) is 42.5 Å². The Kier molecular flexibility index (Phi) is 5.45. The Morgan fingerprint density at radius 2 is 1.73 bits per heavy atom. The van der Waals surface area contributed by atoms with E-state index in [2.05, 4.69) is 22.8 Å². The van der Waals surface area contributed by atoms with Gasteiger partial charge in [0.2, 0.25) is 5.91 Å². The molecule has 0 unspecified atom stereocenters. The number of anilines is 2. The summed E-state index contributed by atoms with van der Waals surface area (Å²) in [5, 5.41) is 14.5. The third-order valence-electron chi connectivity index (χ3n) is 4.29. The van der Waals surface area contributed by atoms with Gasteiger partial charge in [-0.15, -0.1) is 0 Å². The summed E-state index contributed by atoms with van der Waals surface area (Å²) in [7, 11) is 0. The third-order valence-corrected chi connectivity index (χ3v) is 4.29. The number of rotatable bonds is 5. The highest BCUT2D eigenvalue weighted by molar-refractivity contribution is 6.07. The van der Waals surface area contributed by atoms with Gasteiger partial charge in [0, 0.05) is 12.0 Å². The van der Waals surface area contributed by atoms with Crippen LogP contribution in [0.4, 0.5) is 11.4 Å². The second-order valence-corrected chi connectivity index (χ2v) is 6.21.